The van der Waals surface area contributed by atoms with Gasteiger partial charge in [0.05, 0.1) is 16.7 Å². The molecule has 1 heterocycles. The van der Waals surface area contributed by atoms with Crippen LogP contribution in [-0.4, -0.2) is 32.1 Å². The highest BCUT2D eigenvalue weighted by Crippen LogP contribution is 2.20. The standard InChI is InChI=1S/C11H17N3O2/c1-10(2,11(3,4)16)14-9(15)8-5-12-7-13-6-8/h5-7,16H,1-4H3,(H,14,15). The zero-order valence-electron chi connectivity index (χ0n) is 9.98. The van der Waals surface area contributed by atoms with Crippen LogP contribution < -0.4 is 5.32 Å². The van der Waals surface area contributed by atoms with E-state index in [-0.39, 0.29) is 5.91 Å². The molecule has 5 heteroatoms. The van der Waals surface area contributed by atoms with Crippen molar-refractivity contribution < 1.29 is 9.90 Å². The lowest BCUT2D eigenvalue weighted by atomic mass is 9.86. The van der Waals surface area contributed by atoms with Crippen molar-refractivity contribution in [2.75, 3.05) is 0 Å². The fourth-order valence-electron chi connectivity index (χ4n) is 0.925. The molecule has 0 aromatic carbocycles. The van der Waals surface area contributed by atoms with Crippen LogP contribution >= 0.6 is 0 Å². The van der Waals surface area contributed by atoms with Crippen molar-refractivity contribution in [3.8, 4) is 0 Å². The summed E-state index contributed by atoms with van der Waals surface area (Å²) in [5, 5.41) is 12.6. The van der Waals surface area contributed by atoms with E-state index in [1.165, 1.54) is 18.7 Å². The summed E-state index contributed by atoms with van der Waals surface area (Å²) in [7, 11) is 0. The third-order valence-electron chi connectivity index (χ3n) is 2.78. The zero-order valence-corrected chi connectivity index (χ0v) is 9.98. The lowest BCUT2D eigenvalue weighted by Crippen LogP contribution is -2.57. The molecule has 0 aliphatic heterocycles. The number of hydrogen-bond donors (Lipinski definition) is 2. The van der Waals surface area contributed by atoms with Gasteiger partial charge in [-0.05, 0) is 27.7 Å². The van der Waals surface area contributed by atoms with Crippen LogP contribution in [0.25, 0.3) is 0 Å². The molecular formula is C11H17N3O2. The van der Waals surface area contributed by atoms with Crippen molar-refractivity contribution in [3.63, 3.8) is 0 Å². The summed E-state index contributed by atoms with van der Waals surface area (Å²) in [6.45, 7) is 6.81. The fraction of sp³-hybridized carbons (Fsp3) is 0.545. The van der Waals surface area contributed by atoms with Gasteiger partial charge in [0.2, 0.25) is 0 Å². The monoisotopic (exact) mass is 223 g/mol. The SMILES string of the molecule is CC(C)(O)C(C)(C)NC(=O)c1cncnc1. The van der Waals surface area contributed by atoms with E-state index >= 15 is 0 Å². The highest BCUT2D eigenvalue weighted by molar-refractivity contribution is 5.94. The van der Waals surface area contributed by atoms with E-state index in [9.17, 15) is 9.90 Å². The molecule has 0 saturated carbocycles. The number of aromatic nitrogens is 2. The second-order valence-electron chi connectivity index (χ2n) is 4.77. The Morgan fingerprint density at radius 2 is 1.75 bits per heavy atom. The number of carbonyl (C=O) groups excluding carboxylic acids is 1. The molecule has 0 aliphatic carbocycles. The van der Waals surface area contributed by atoms with Gasteiger partial charge in [-0.3, -0.25) is 4.79 Å². The van der Waals surface area contributed by atoms with Gasteiger partial charge in [-0.25, -0.2) is 9.97 Å². The number of hydrogen-bond acceptors (Lipinski definition) is 4. The maximum absolute atomic E-state index is 11.8. The topological polar surface area (TPSA) is 75.1 Å². The molecule has 1 rings (SSSR count). The first-order chi connectivity index (χ1) is 7.24. The van der Waals surface area contributed by atoms with E-state index < -0.39 is 11.1 Å². The third-order valence-corrected chi connectivity index (χ3v) is 2.78. The molecule has 2 N–H and O–H groups in total. The lowest BCUT2D eigenvalue weighted by molar-refractivity contribution is -0.00294. The molecule has 0 bridgehead atoms. The number of amides is 1. The molecule has 5 nitrogen and oxygen atoms in total. The van der Waals surface area contributed by atoms with Crippen molar-refractivity contribution in [3.05, 3.63) is 24.3 Å². The van der Waals surface area contributed by atoms with Gasteiger partial charge in [0, 0.05) is 12.4 Å². The van der Waals surface area contributed by atoms with Crippen LogP contribution in [0.3, 0.4) is 0 Å². The van der Waals surface area contributed by atoms with E-state index in [4.69, 9.17) is 0 Å². The molecule has 0 aliphatic rings. The summed E-state index contributed by atoms with van der Waals surface area (Å²) in [6.07, 6.45) is 4.23. The molecule has 88 valence electrons. The van der Waals surface area contributed by atoms with Crippen LogP contribution in [0.4, 0.5) is 0 Å². The van der Waals surface area contributed by atoms with E-state index in [0.29, 0.717) is 5.56 Å². The smallest absolute Gasteiger partial charge is 0.254 e. The summed E-state index contributed by atoms with van der Waals surface area (Å²) in [5.41, 5.74) is -1.38. The molecule has 1 aromatic heterocycles. The van der Waals surface area contributed by atoms with E-state index in [0.717, 1.165) is 0 Å². The summed E-state index contributed by atoms with van der Waals surface area (Å²) in [4.78, 5) is 19.3. The Balaban J connectivity index is 2.80. The largest absolute Gasteiger partial charge is 0.388 e. The first kappa shape index (κ1) is 12.6. The van der Waals surface area contributed by atoms with Crippen LogP contribution in [0.1, 0.15) is 38.1 Å². The zero-order chi connectivity index (χ0) is 12.4. The van der Waals surface area contributed by atoms with Crippen molar-refractivity contribution in [2.24, 2.45) is 0 Å². The molecule has 1 aromatic rings. The predicted octanol–water partition coefficient (Wildman–Crippen LogP) is 0.756. The van der Waals surface area contributed by atoms with Crippen molar-refractivity contribution >= 4 is 5.91 Å². The molecule has 1 amide bonds. The summed E-state index contributed by atoms with van der Waals surface area (Å²) >= 11 is 0. The highest BCUT2D eigenvalue weighted by atomic mass is 16.3. The number of aliphatic hydroxyl groups is 1. The molecule has 0 unspecified atom stereocenters. The average molecular weight is 223 g/mol. The van der Waals surface area contributed by atoms with Gasteiger partial charge in [0.1, 0.15) is 6.33 Å². The van der Waals surface area contributed by atoms with Crippen LogP contribution in [0.2, 0.25) is 0 Å². The Morgan fingerprint density at radius 3 is 2.19 bits per heavy atom. The van der Waals surface area contributed by atoms with E-state index in [2.05, 4.69) is 15.3 Å². The molecule has 0 fully saturated rings. The second kappa shape index (κ2) is 4.17. The Hall–Kier alpha value is -1.49. The van der Waals surface area contributed by atoms with Crippen LogP contribution in [0, 0.1) is 0 Å². The fourth-order valence-corrected chi connectivity index (χ4v) is 0.925. The number of rotatable bonds is 3. The van der Waals surface area contributed by atoms with Crippen molar-refractivity contribution in [1.29, 1.82) is 0 Å². The van der Waals surface area contributed by atoms with E-state index in [1.807, 2.05) is 0 Å². The molecule has 16 heavy (non-hydrogen) atoms. The summed E-state index contributed by atoms with van der Waals surface area (Å²) in [5.74, 6) is -0.298. The average Bonchev–Trinajstić information content (AvgIpc) is 2.16. The minimum atomic E-state index is -1.02. The third kappa shape index (κ3) is 2.76. The van der Waals surface area contributed by atoms with Gasteiger partial charge in [-0.2, -0.15) is 0 Å². The Kier molecular flexibility index (Phi) is 3.28. The summed E-state index contributed by atoms with van der Waals surface area (Å²) in [6, 6.07) is 0. The lowest BCUT2D eigenvalue weighted by Gasteiger charge is -2.37. The quantitative estimate of drug-likeness (QED) is 0.793. The maximum atomic E-state index is 11.8. The van der Waals surface area contributed by atoms with Crippen molar-refractivity contribution in [1.82, 2.24) is 15.3 Å². The predicted molar refractivity (Wildman–Crippen MR) is 59.9 cm³/mol. The van der Waals surface area contributed by atoms with Gasteiger partial charge < -0.3 is 10.4 Å². The number of nitrogens with zero attached hydrogens (tertiary/aromatic N) is 2. The van der Waals surface area contributed by atoms with Gasteiger partial charge in [-0.15, -0.1) is 0 Å². The highest BCUT2D eigenvalue weighted by Gasteiger charge is 2.36. The van der Waals surface area contributed by atoms with Gasteiger partial charge >= 0.3 is 0 Å². The van der Waals surface area contributed by atoms with Crippen LogP contribution in [0.5, 0.6) is 0 Å². The van der Waals surface area contributed by atoms with Gasteiger partial charge in [0.25, 0.3) is 5.91 Å². The maximum Gasteiger partial charge on any atom is 0.254 e. The summed E-state index contributed by atoms with van der Waals surface area (Å²) < 4.78 is 0. The molecule has 0 radical (unpaired) electrons. The molecular weight excluding hydrogens is 206 g/mol. The van der Waals surface area contributed by atoms with Gasteiger partial charge in [-0.1, -0.05) is 0 Å². The normalized spacial score (nSPS) is 12.3. The minimum absolute atomic E-state index is 0.298. The minimum Gasteiger partial charge on any atom is -0.388 e. The number of carbonyl (C=O) groups is 1. The van der Waals surface area contributed by atoms with Crippen LogP contribution in [0.15, 0.2) is 18.7 Å². The molecule has 0 atom stereocenters. The first-order valence-electron chi connectivity index (χ1n) is 5.04. The second-order valence-corrected chi connectivity index (χ2v) is 4.77. The first-order valence-corrected chi connectivity index (χ1v) is 5.04. The Bertz CT molecular complexity index is 369. The van der Waals surface area contributed by atoms with E-state index in [1.54, 1.807) is 27.7 Å². The number of nitrogens with one attached hydrogen (secondary N) is 1. The van der Waals surface area contributed by atoms with Crippen LogP contribution in [-0.2, 0) is 0 Å². The Morgan fingerprint density at radius 1 is 1.25 bits per heavy atom. The van der Waals surface area contributed by atoms with Gasteiger partial charge in [0.15, 0.2) is 0 Å². The molecule has 0 saturated heterocycles. The Labute approximate surface area is 94.9 Å². The van der Waals surface area contributed by atoms with Crippen molar-refractivity contribution in [2.45, 2.75) is 38.8 Å². The molecule has 0 spiro atoms.